The predicted molar refractivity (Wildman–Crippen MR) is 82.8 cm³/mol. The Morgan fingerprint density at radius 3 is 2.43 bits per heavy atom. The van der Waals surface area contributed by atoms with Crippen LogP contribution in [0.1, 0.15) is 16.8 Å². The number of benzene rings is 2. The molecule has 0 unspecified atom stereocenters. The molecule has 0 heterocycles. The Labute approximate surface area is 124 Å². The van der Waals surface area contributed by atoms with Crippen LogP contribution in [0, 0.1) is 0 Å². The molecule has 0 amide bonds. The number of carbonyl (C=O) groups excluding carboxylic acids is 1. The molecular formula is C17H19NO3. The van der Waals surface area contributed by atoms with Gasteiger partial charge in [0, 0.05) is 12.2 Å². The molecule has 110 valence electrons. The lowest BCUT2D eigenvalue weighted by Crippen LogP contribution is -2.07. The SMILES string of the molecule is COC(=O)c1ccc(NCCCOc2ccccc2)cc1. The third-order valence-corrected chi connectivity index (χ3v) is 2.97. The number of hydrogen-bond donors (Lipinski definition) is 1. The molecule has 0 saturated heterocycles. The highest BCUT2D eigenvalue weighted by molar-refractivity contribution is 5.89. The number of ether oxygens (including phenoxy) is 2. The van der Waals surface area contributed by atoms with Crippen molar-refractivity contribution in [3.63, 3.8) is 0 Å². The topological polar surface area (TPSA) is 47.6 Å². The third-order valence-electron chi connectivity index (χ3n) is 2.97. The fourth-order valence-corrected chi connectivity index (χ4v) is 1.85. The van der Waals surface area contributed by atoms with Gasteiger partial charge < -0.3 is 14.8 Å². The van der Waals surface area contributed by atoms with Gasteiger partial charge in [0.15, 0.2) is 0 Å². The van der Waals surface area contributed by atoms with Gasteiger partial charge in [-0.25, -0.2) is 4.79 Å². The van der Waals surface area contributed by atoms with Crippen molar-refractivity contribution in [2.45, 2.75) is 6.42 Å². The molecule has 0 spiro atoms. The normalized spacial score (nSPS) is 9.95. The Balaban J connectivity index is 1.68. The van der Waals surface area contributed by atoms with Crippen molar-refractivity contribution in [3.05, 3.63) is 60.2 Å². The number of para-hydroxylation sites is 1. The molecule has 0 aliphatic heterocycles. The summed E-state index contributed by atoms with van der Waals surface area (Å²) in [5, 5.41) is 3.28. The van der Waals surface area contributed by atoms with Crippen molar-refractivity contribution in [3.8, 4) is 5.75 Å². The van der Waals surface area contributed by atoms with E-state index in [1.54, 1.807) is 12.1 Å². The smallest absolute Gasteiger partial charge is 0.337 e. The van der Waals surface area contributed by atoms with Crippen LogP contribution in [0.15, 0.2) is 54.6 Å². The fourth-order valence-electron chi connectivity index (χ4n) is 1.85. The van der Waals surface area contributed by atoms with E-state index in [0.29, 0.717) is 12.2 Å². The fraction of sp³-hybridized carbons (Fsp3) is 0.235. The minimum Gasteiger partial charge on any atom is -0.494 e. The molecule has 21 heavy (non-hydrogen) atoms. The van der Waals surface area contributed by atoms with Crippen LogP contribution in [0.4, 0.5) is 5.69 Å². The molecule has 0 bridgehead atoms. The molecule has 0 aromatic heterocycles. The van der Waals surface area contributed by atoms with Gasteiger partial charge in [0.2, 0.25) is 0 Å². The van der Waals surface area contributed by atoms with Crippen molar-refractivity contribution in [2.24, 2.45) is 0 Å². The van der Waals surface area contributed by atoms with Crippen molar-refractivity contribution in [1.29, 1.82) is 0 Å². The highest BCUT2D eigenvalue weighted by atomic mass is 16.5. The highest BCUT2D eigenvalue weighted by Crippen LogP contribution is 2.11. The second kappa shape index (κ2) is 7.94. The zero-order valence-electron chi connectivity index (χ0n) is 12.0. The zero-order valence-corrected chi connectivity index (χ0v) is 12.0. The predicted octanol–water partition coefficient (Wildman–Crippen LogP) is 3.35. The van der Waals surface area contributed by atoms with Gasteiger partial charge in [-0.1, -0.05) is 18.2 Å². The Hall–Kier alpha value is -2.49. The number of carbonyl (C=O) groups is 1. The van der Waals surface area contributed by atoms with Crippen LogP contribution in [-0.2, 0) is 4.74 Å². The monoisotopic (exact) mass is 285 g/mol. The van der Waals surface area contributed by atoms with Gasteiger partial charge in [0.1, 0.15) is 5.75 Å². The van der Waals surface area contributed by atoms with Crippen LogP contribution < -0.4 is 10.1 Å². The van der Waals surface area contributed by atoms with Crippen molar-refractivity contribution < 1.29 is 14.3 Å². The van der Waals surface area contributed by atoms with E-state index < -0.39 is 0 Å². The van der Waals surface area contributed by atoms with Crippen LogP contribution in [-0.4, -0.2) is 26.2 Å². The average molecular weight is 285 g/mol. The van der Waals surface area contributed by atoms with Gasteiger partial charge in [-0.15, -0.1) is 0 Å². The lowest BCUT2D eigenvalue weighted by molar-refractivity contribution is 0.0601. The van der Waals surface area contributed by atoms with Gasteiger partial charge in [0.05, 0.1) is 19.3 Å². The van der Waals surface area contributed by atoms with E-state index in [1.165, 1.54) is 7.11 Å². The summed E-state index contributed by atoms with van der Waals surface area (Å²) in [4.78, 5) is 11.3. The summed E-state index contributed by atoms with van der Waals surface area (Å²) in [6.07, 6.45) is 0.896. The first-order valence-corrected chi connectivity index (χ1v) is 6.89. The number of hydrogen-bond acceptors (Lipinski definition) is 4. The minimum absolute atomic E-state index is 0.321. The van der Waals surface area contributed by atoms with E-state index in [0.717, 1.165) is 24.4 Å². The Bertz CT molecular complexity index is 552. The Morgan fingerprint density at radius 1 is 1.05 bits per heavy atom. The van der Waals surface area contributed by atoms with Gasteiger partial charge in [-0.05, 0) is 42.8 Å². The molecule has 0 aliphatic rings. The highest BCUT2D eigenvalue weighted by Gasteiger charge is 2.03. The number of anilines is 1. The maximum Gasteiger partial charge on any atom is 0.337 e. The minimum atomic E-state index is -0.321. The summed E-state index contributed by atoms with van der Waals surface area (Å²) in [5.41, 5.74) is 1.53. The molecule has 0 radical (unpaired) electrons. The third kappa shape index (κ3) is 4.84. The Kier molecular flexibility index (Phi) is 5.64. The van der Waals surface area contributed by atoms with E-state index in [9.17, 15) is 4.79 Å². The summed E-state index contributed by atoms with van der Waals surface area (Å²) in [5.74, 6) is 0.567. The summed E-state index contributed by atoms with van der Waals surface area (Å²) in [6, 6.07) is 17.0. The maximum absolute atomic E-state index is 11.3. The number of rotatable bonds is 7. The van der Waals surface area contributed by atoms with Crippen LogP contribution in [0.5, 0.6) is 5.75 Å². The molecule has 2 aromatic rings. The largest absolute Gasteiger partial charge is 0.494 e. The standard InChI is InChI=1S/C17H19NO3/c1-20-17(19)14-8-10-15(11-9-14)18-12-5-13-21-16-6-3-2-4-7-16/h2-4,6-11,18H,5,12-13H2,1H3. The summed E-state index contributed by atoms with van der Waals surface area (Å²) >= 11 is 0. The van der Waals surface area contributed by atoms with E-state index in [2.05, 4.69) is 10.1 Å². The molecule has 0 atom stereocenters. The van der Waals surface area contributed by atoms with Gasteiger partial charge >= 0.3 is 5.97 Å². The molecule has 2 rings (SSSR count). The lowest BCUT2D eigenvalue weighted by Gasteiger charge is -2.08. The first kappa shape index (κ1) is 14.9. The van der Waals surface area contributed by atoms with Gasteiger partial charge in [0.25, 0.3) is 0 Å². The Morgan fingerprint density at radius 2 is 1.76 bits per heavy atom. The second-order valence-corrected chi connectivity index (χ2v) is 4.51. The number of nitrogens with one attached hydrogen (secondary N) is 1. The van der Waals surface area contributed by atoms with E-state index in [-0.39, 0.29) is 5.97 Å². The van der Waals surface area contributed by atoms with Crippen molar-refractivity contribution in [2.75, 3.05) is 25.6 Å². The number of methoxy groups -OCH3 is 1. The van der Waals surface area contributed by atoms with Crippen molar-refractivity contribution in [1.82, 2.24) is 0 Å². The maximum atomic E-state index is 11.3. The second-order valence-electron chi connectivity index (χ2n) is 4.51. The molecular weight excluding hydrogens is 266 g/mol. The lowest BCUT2D eigenvalue weighted by atomic mass is 10.2. The van der Waals surface area contributed by atoms with E-state index >= 15 is 0 Å². The van der Waals surface area contributed by atoms with Gasteiger partial charge in [-0.3, -0.25) is 0 Å². The first-order chi connectivity index (χ1) is 10.3. The summed E-state index contributed by atoms with van der Waals surface area (Å²) < 4.78 is 10.3. The van der Waals surface area contributed by atoms with Gasteiger partial charge in [-0.2, -0.15) is 0 Å². The summed E-state index contributed by atoms with van der Waals surface area (Å²) in [6.45, 7) is 1.47. The summed E-state index contributed by atoms with van der Waals surface area (Å²) in [7, 11) is 1.38. The van der Waals surface area contributed by atoms with E-state index in [4.69, 9.17) is 4.74 Å². The van der Waals surface area contributed by atoms with Crippen LogP contribution >= 0.6 is 0 Å². The zero-order chi connectivity index (χ0) is 14.9. The molecule has 0 fully saturated rings. The van der Waals surface area contributed by atoms with Crippen LogP contribution in [0.2, 0.25) is 0 Å². The van der Waals surface area contributed by atoms with Crippen molar-refractivity contribution >= 4 is 11.7 Å². The van der Waals surface area contributed by atoms with Crippen LogP contribution in [0.3, 0.4) is 0 Å². The molecule has 2 aromatic carbocycles. The molecule has 4 nitrogen and oxygen atoms in total. The quantitative estimate of drug-likeness (QED) is 0.626. The molecule has 0 saturated carbocycles. The van der Waals surface area contributed by atoms with Crippen LogP contribution in [0.25, 0.3) is 0 Å². The molecule has 0 aliphatic carbocycles. The molecule has 4 heteroatoms. The number of esters is 1. The molecule has 1 N–H and O–H groups in total. The average Bonchev–Trinajstić information content (AvgIpc) is 2.55. The first-order valence-electron chi connectivity index (χ1n) is 6.89. The van der Waals surface area contributed by atoms with E-state index in [1.807, 2.05) is 42.5 Å².